The van der Waals surface area contributed by atoms with Gasteiger partial charge in [0.1, 0.15) is 11.4 Å². The molecule has 0 saturated carbocycles. The van der Waals surface area contributed by atoms with E-state index in [4.69, 9.17) is 9.47 Å². The van der Waals surface area contributed by atoms with Crippen LogP contribution in [0.1, 0.15) is 39.0 Å². The van der Waals surface area contributed by atoms with Gasteiger partial charge >= 0.3 is 5.97 Å². The summed E-state index contributed by atoms with van der Waals surface area (Å²) in [4.78, 5) is 26.4. The molecule has 1 N–H and O–H groups in total. The first kappa shape index (κ1) is 17.7. The number of carboxylic acids is 1. The second-order valence-electron chi connectivity index (χ2n) is 7.04. The molecule has 2 heterocycles. The van der Waals surface area contributed by atoms with E-state index in [-0.39, 0.29) is 18.7 Å². The Morgan fingerprint density at radius 3 is 2.36 bits per heavy atom. The van der Waals surface area contributed by atoms with Gasteiger partial charge < -0.3 is 19.5 Å². The predicted octanol–water partition coefficient (Wildman–Crippen LogP) is 2.47. The summed E-state index contributed by atoms with van der Waals surface area (Å²) < 4.78 is 11.6. The molecule has 0 bridgehead atoms. The molecule has 1 atom stereocenters. The average molecular weight is 347 g/mol. The summed E-state index contributed by atoms with van der Waals surface area (Å²) in [5, 5.41) is 9.72. The van der Waals surface area contributed by atoms with Crippen molar-refractivity contribution in [3.63, 3.8) is 0 Å². The number of nitrogens with zero attached hydrogens (tertiary/aromatic N) is 1. The normalized spacial score (nSPS) is 26.0. The number of rotatable bonds is 4. The minimum atomic E-state index is -1.29. The van der Waals surface area contributed by atoms with Gasteiger partial charge in [0, 0.05) is 32.5 Å². The molecular weight excluding hydrogens is 322 g/mol. The summed E-state index contributed by atoms with van der Waals surface area (Å²) in [6, 6.07) is 8.97. The smallest absolute Gasteiger partial charge is 0.348 e. The molecule has 1 amide bonds. The van der Waals surface area contributed by atoms with E-state index < -0.39 is 17.2 Å². The van der Waals surface area contributed by atoms with E-state index >= 15 is 0 Å². The summed E-state index contributed by atoms with van der Waals surface area (Å²) in [6.45, 7) is 3.16. The molecule has 3 rings (SSSR count). The Bertz CT molecular complexity index is 616. The monoisotopic (exact) mass is 347 g/mol. The van der Waals surface area contributed by atoms with Gasteiger partial charge in [0.15, 0.2) is 0 Å². The lowest BCUT2D eigenvalue weighted by atomic mass is 9.88. The molecule has 0 aliphatic carbocycles. The van der Waals surface area contributed by atoms with E-state index in [2.05, 4.69) is 0 Å². The van der Waals surface area contributed by atoms with Gasteiger partial charge in [0.05, 0.1) is 0 Å². The van der Waals surface area contributed by atoms with E-state index in [0.29, 0.717) is 31.9 Å². The first-order chi connectivity index (χ1) is 12.0. The SMILES string of the molecule is C[C@@]1(C(=O)N2CCC(Oc3ccccc3)(C(=O)O)CC2)CCCCO1. The van der Waals surface area contributed by atoms with Crippen LogP contribution in [-0.4, -0.2) is 52.8 Å². The molecule has 2 fully saturated rings. The van der Waals surface area contributed by atoms with E-state index in [1.54, 1.807) is 17.0 Å². The van der Waals surface area contributed by atoms with Crippen molar-refractivity contribution in [2.45, 2.75) is 50.2 Å². The third-order valence-electron chi connectivity index (χ3n) is 5.23. The van der Waals surface area contributed by atoms with Crippen molar-refractivity contribution in [3.8, 4) is 5.75 Å². The molecule has 0 unspecified atom stereocenters. The maximum atomic E-state index is 12.8. The van der Waals surface area contributed by atoms with Crippen LogP contribution in [0.5, 0.6) is 5.75 Å². The van der Waals surface area contributed by atoms with E-state index in [1.807, 2.05) is 25.1 Å². The highest BCUT2D eigenvalue weighted by molar-refractivity contribution is 5.86. The van der Waals surface area contributed by atoms with E-state index in [9.17, 15) is 14.7 Å². The van der Waals surface area contributed by atoms with Crippen molar-refractivity contribution in [2.24, 2.45) is 0 Å². The number of carbonyl (C=O) groups is 2. The number of aliphatic carboxylic acids is 1. The number of piperidine rings is 1. The van der Waals surface area contributed by atoms with Gasteiger partial charge in [-0.15, -0.1) is 0 Å². The summed E-state index contributed by atoms with van der Waals surface area (Å²) in [5.41, 5.74) is -2.06. The Morgan fingerprint density at radius 2 is 1.80 bits per heavy atom. The molecule has 0 aromatic heterocycles. The van der Waals surface area contributed by atoms with Crippen molar-refractivity contribution in [3.05, 3.63) is 30.3 Å². The fraction of sp³-hybridized carbons (Fsp3) is 0.579. The minimum absolute atomic E-state index is 0.0362. The zero-order chi connectivity index (χ0) is 17.9. The number of amides is 1. The molecule has 2 aliphatic rings. The van der Waals surface area contributed by atoms with Crippen LogP contribution in [0.15, 0.2) is 30.3 Å². The van der Waals surface area contributed by atoms with Crippen LogP contribution < -0.4 is 4.74 Å². The van der Waals surface area contributed by atoms with Gasteiger partial charge in [-0.3, -0.25) is 4.79 Å². The van der Waals surface area contributed by atoms with Gasteiger partial charge in [-0.05, 0) is 38.3 Å². The maximum absolute atomic E-state index is 12.8. The predicted molar refractivity (Wildman–Crippen MR) is 91.5 cm³/mol. The molecule has 2 saturated heterocycles. The van der Waals surface area contributed by atoms with Crippen LogP contribution in [0.4, 0.5) is 0 Å². The second kappa shape index (κ2) is 7.04. The van der Waals surface area contributed by atoms with Crippen LogP contribution in [0, 0.1) is 0 Å². The highest BCUT2D eigenvalue weighted by atomic mass is 16.5. The average Bonchev–Trinajstić information content (AvgIpc) is 2.63. The lowest BCUT2D eigenvalue weighted by Crippen LogP contribution is -2.58. The number of carbonyl (C=O) groups excluding carboxylic acids is 1. The fourth-order valence-corrected chi connectivity index (χ4v) is 3.58. The van der Waals surface area contributed by atoms with Gasteiger partial charge in [0.2, 0.25) is 5.60 Å². The van der Waals surface area contributed by atoms with Crippen molar-refractivity contribution >= 4 is 11.9 Å². The Kier molecular flexibility index (Phi) is 4.99. The molecule has 0 spiro atoms. The van der Waals surface area contributed by atoms with Crippen LogP contribution in [0.3, 0.4) is 0 Å². The van der Waals surface area contributed by atoms with Crippen molar-refractivity contribution < 1.29 is 24.2 Å². The zero-order valence-corrected chi connectivity index (χ0v) is 14.6. The number of ether oxygens (including phenoxy) is 2. The Morgan fingerprint density at radius 1 is 1.12 bits per heavy atom. The molecule has 1 aromatic rings. The van der Waals surface area contributed by atoms with Crippen LogP contribution in [-0.2, 0) is 14.3 Å². The summed E-state index contributed by atoms with van der Waals surface area (Å²) >= 11 is 0. The Balaban J connectivity index is 1.68. The fourth-order valence-electron chi connectivity index (χ4n) is 3.58. The molecular formula is C19H25NO5. The molecule has 6 nitrogen and oxygen atoms in total. The van der Waals surface area contributed by atoms with Crippen LogP contribution in [0.25, 0.3) is 0 Å². The first-order valence-electron chi connectivity index (χ1n) is 8.86. The molecule has 6 heteroatoms. The van der Waals surface area contributed by atoms with E-state index in [0.717, 1.165) is 12.8 Å². The number of likely N-dealkylation sites (tertiary alicyclic amines) is 1. The lowest BCUT2D eigenvalue weighted by Gasteiger charge is -2.42. The molecule has 1 aromatic carbocycles. The Hall–Kier alpha value is -2.08. The van der Waals surface area contributed by atoms with Gasteiger partial charge in [-0.25, -0.2) is 4.79 Å². The van der Waals surface area contributed by atoms with E-state index in [1.165, 1.54) is 0 Å². The Labute approximate surface area is 147 Å². The minimum Gasteiger partial charge on any atom is -0.478 e. The van der Waals surface area contributed by atoms with Crippen LogP contribution in [0.2, 0.25) is 0 Å². The molecule has 2 aliphatic heterocycles. The van der Waals surface area contributed by atoms with Crippen LogP contribution >= 0.6 is 0 Å². The highest BCUT2D eigenvalue weighted by Crippen LogP contribution is 2.32. The topological polar surface area (TPSA) is 76.1 Å². The van der Waals surface area contributed by atoms with Crippen molar-refractivity contribution in [2.75, 3.05) is 19.7 Å². The van der Waals surface area contributed by atoms with Crippen molar-refractivity contribution in [1.82, 2.24) is 4.90 Å². The highest BCUT2D eigenvalue weighted by Gasteiger charge is 2.47. The van der Waals surface area contributed by atoms with Gasteiger partial charge in [-0.2, -0.15) is 0 Å². The number of carboxylic acid groups (broad SMARTS) is 1. The first-order valence-corrected chi connectivity index (χ1v) is 8.86. The number of hydrogen-bond donors (Lipinski definition) is 1. The largest absolute Gasteiger partial charge is 0.478 e. The lowest BCUT2D eigenvalue weighted by molar-refractivity contribution is -0.171. The molecule has 136 valence electrons. The zero-order valence-electron chi connectivity index (χ0n) is 14.6. The quantitative estimate of drug-likeness (QED) is 0.905. The number of benzene rings is 1. The van der Waals surface area contributed by atoms with Crippen molar-refractivity contribution in [1.29, 1.82) is 0 Å². The molecule has 0 radical (unpaired) electrons. The number of para-hydroxylation sites is 1. The summed E-state index contributed by atoms with van der Waals surface area (Å²) in [6.07, 6.45) is 3.20. The standard InChI is InChI=1S/C19H25NO5/c1-18(9-5-6-14-24-18)16(21)20-12-10-19(11-13-20,17(22)23)25-15-7-3-2-4-8-15/h2-4,7-8H,5-6,9-14H2,1H3,(H,22,23)/t18-/m0/s1. The second-order valence-corrected chi connectivity index (χ2v) is 7.04. The third-order valence-corrected chi connectivity index (χ3v) is 5.23. The van der Waals surface area contributed by atoms with Gasteiger partial charge in [0.25, 0.3) is 5.91 Å². The molecule has 25 heavy (non-hydrogen) atoms. The third kappa shape index (κ3) is 3.63. The van der Waals surface area contributed by atoms with Gasteiger partial charge in [-0.1, -0.05) is 18.2 Å². The summed E-state index contributed by atoms with van der Waals surface area (Å²) in [5.74, 6) is -0.485. The number of hydrogen-bond acceptors (Lipinski definition) is 4. The summed E-state index contributed by atoms with van der Waals surface area (Å²) in [7, 11) is 0. The maximum Gasteiger partial charge on any atom is 0.348 e.